The molecule has 0 spiro atoms. The lowest BCUT2D eigenvalue weighted by Gasteiger charge is -2.27. The number of nitrogens with zero attached hydrogens (tertiary/aromatic N) is 1. The number of ether oxygens (including phenoxy) is 1. The van der Waals surface area contributed by atoms with E-state index in [1.807, 2.05) is 4.90 Å². The topological polar surface area (TPSA) is 51.1 Å². The number of quaternary nitrogens is 1. The Morgan fingerprint density at radius 2 is 2.00 bits per heavy atom. The van der Waals surface area contributed by atoms with Crippen molar-refractivity contribution in [3.8, 4) is 0 Å². The zero-order chi connectivity index (χ0) is 19.1. The van der Waals surface area contributed by atoms with Crippen molar-refractivity contribution in [1.82, 2.24) is 4.90 Å². The summed E-state index contributed by atoms with van der Waals surface area (Å²) >= 11 is 1.68. The van der Waals surface area contributed by atoms with E-state index in [0.717, 1.165) is 22.8 Å². The van der Waals surface area contributed by atoms with Gasteiger partial charge in [0.25, 0.3) is 5.91 Å². The molecule has 2 atom stereocenters. The molecule has 1 fully saturated rings. The molecule has 0 saturated carbocycles. The van der Waals surface area contributed by atoms with Gasteiger partial charge in [-0.25, -0.2) is 9.18 Å². The van der Waals surface area contributed by atoms with Gasteiger partial charge in [0, 0.05) is 18.2 Å². The van der Waals surface area contributed by atoms with Gasteiger partial charge >= 0.3 is 5.97 Å². The highest BCUT2D eigenvalue weighted by atomic mass is 32.2. The summed E-state index contributed by atoms with van der Waals surface area (Å²) in [5.41, 5.74) is 0.929. The van der Waals surface area contributed by atoms with Gasteiger partial charge in [0.2, 0.25) is 0 Å². The molecule has 1 heterocycles. The quantitative estimate of drug-likeness (QED) is 0.692. The summed E-state index contributed by atoms with van der Waals surface area (Å²) in [7, 11) is 0. The molecule has 1 aromatic carbocycles. The average molecular weight is 384 g/mol. The smallest absolute Gasteiger partial charge is 0.361 e. The molecule has 26 heavy (non-hydrogen) atoms. The van der Waals surface area contributed by atoms with Crippen LogP contribution in [0.15, 0.2) is 24.3 Å². The predicted molar refractivity (Wildman–Crippen MR) is 100 cm³/mol. The number of hydrogen-bond donors (Lipinski definition) is 1. The summed E-state index contributed by atoms with van der Waals surface area (Å²) in [6, 6.07) is 6.31. The van der Waals surface area contributed by atoms with Crippen molar-refractivity contribution >= 4 is 23.6 Å². The Kier molecular flexibility index (Phi) is 7.90. The van der Waals surface area contributed by atoms with Crippen molar-refractivity contribution in [2.24, 2.45) is 5.92 Å². The van der Waals surface area contributed by atoms with Crippen molar-refractivity contribution in [3.05, 3.63) is 35.6 Å². The van der Waals surface area contributed by atoms with Gasteiger partial charge in [-0.3, -0.25) is 4.79 Å². The molecule has 1 aliphatic heterocycles. The van der Waals surface area contributed by atoms with Crippen molar-refractivity contribution in [3.63, 3.8) is 0 Å². The summed E-state index contributed by atoms with van der Waals surface area (Å²) in [5, 5.41) is -0.0917. The summed E-state index contributed by atoms with van der Waals surface area (Å²) in [6.45, 7) is 8.12. The van der Waals surface area contributed by atoms with E-state index in [1.165, 1.54) is 12.1 Å². The van der Waals surface area contributed by atoms with Crippen LogP contribution in [0.5, 0.6) is 0 Å². The van der Waals surface area contributed by atoms with Crippen molar-refractivity contribution in [2.75, 3.05) is 38.5 Å². The van der Waals surface area contributed by atoms with Crippen LogP contribution in [-0.4, -0.2) is 55.3 Å². The van der Waals surface area contributed by atoms with Gasteiger partial charge < -0.3 is 14.5 Å². The minimum absolute atomic E-state index is 0.0178. The molecule has 1 aliphatic rings. The highest BCUT2D eigenvalue weighted by molar-refractivity contribution is 7.99. The van der Waals surface area contributed by atoms with E-state index < -0.39 is 0 Å². The molecule has 0 radical (unpaired) electrons. The number of nitrogens with one attached hydrogen (secondary N) is 1. The van der Waals surface area contributed by atoms with Crippen LogP contribution in [0, 0.1) is 11.7 Å². The van der Waals surface area contributed by atoms with E-state index in [4.69, 9.17) is 4.74 Å². The highest BCUT2D eigenvalue weighted by Gasteiger charge is 2.33. The molecule has 0 aromatic heterocycles. The number of thioether (sulfide) groups is 1. The molecular weight excluding hydrogens is 355 g/mol. The maximum atomic E-state index is 13.2. The summed E-state index contributed by atoms with van der Waals surface area (Å²) in [6.07, 6.45) is 0. The predicted octanol–water partition coefficient (Wildman–Crippen LogP) is 1.50. The van der Waals surface area contributed by atoms with Crippen LogP contribution in [0.4, 0.5) is 4.39 Å². The molecule has 144 valence electrons. The molecule has 1 aromatic rings. The number of carbonyl (C=O) groups excluding carboxylic acids is 2. The first kappa shape index (κ1) is 20.7. The van der Waals surface area contributed by atoms with Crippen LogP contribution in [0.3, 0.4) is 0 Å². The SMILES string of the molecule is CCOC(=O)C[NH+](CC(=O)N1CCS[C@@H]1c1ccc(F)cc1)CC(C)C. The first-order valence-corrected chi connectivity index (χ1v) is 10.1. The Labute approximate surface area is 158 Å². The zero-order valence-corrected chi connectivity index (χ0v) is 16.5. The van der Waals surface area contributed by atoms with Gasteiger partial charge in [0.1, 0.15) is 11.2 Å². The highest BCUT2D eigenvalue weighted by Crippen LogP contribution is 2.37. The number of benzene rings is 1. The fourth-order valence-corrected chi connectivity index (χ4v) is 4.42. The molecular formula is C19H28FN2O3S+. The van der Waals surface area contributed by atoms with E-state index in [0.29, 0.717) is 19.1 Å². The summed E-state index contributed by atoms with van der Waals surface area (Å²) in [5.74, 6) is 0.682. The fraction of sp³-hybridized carbons (Fsp3) is 0.579. The molecule has 2 rings (SSSR count). The molecule has 0 bridgehead atoms. The number of rotatable bonds is 8. The minimum atomic E-state index is -0.281. The van der Waals surface area contributed by atoms with Crippen molar-refractivity contribution in [2.45, 2.75) is 26.1 Å². The van der Waals surface area contributed by atoms with Crippen LogP contribution in [0.2, 0.25) is 0 Å². The lowest BCUT2D eigenvalue weighted by atomic mass is 10.2. The normalized spacial score (nSPS) is 18.2. The first-order valence-electron chi connectivity index (χ1n) is 9.06. The number of carbonyl (C=O) groups is 2. The number of esters is 1. The number of hydrogen-bond acceptors (Lipinski definition) is 4. The lowest BCUT2D eigenvalue weighted by Crippen LogP contribution is -3.14. The molecule has 1 N–H and O–H groups in total. The maximum Gasteiger partial charge on any atom is 0.361 e. The average Bonchev–Trinajstić information content (AvgIpc) is 3.04. The van der Waals surface area contributed by atoms with Gasteiger partial charge in [0.15, 0.2) is 13.1 Å². The Hall–Kier alpha value is -1.60. The molecule has 5 nitrogen and oxygen atoms in total. The monoisotopic (exact) mass is 383 g/mol. The third-order valence-corrected chi connectivity index (χ3v) is 5.42. The fourth-order valence-electron chi connectivity index (χ4n) is 3.14. The van der Waals surface area contributed by atoms with Crippen LogP contribution >= 0.6 is 11.8 Å². The van der Waals surface area contributed by atoms with Gasteiger partial charge in [-0.05, 0) is 24.6 Å². The Morgan fingerprint density at radius 3 is 2.62 bits per heavy atom. The van der Waals surface area contributed by atoms with E-state index >= 15 is 0 Å². The van der Waals surface area contributed by atoms with E-state index in [2.05, 4.69) is 13.8 Å². The van der Waals surface area contributed by atoms with Crippen LogP contribution in [-0.2, 0) is 14.3 Å². The molecule has 0 aliphatic carbocycles. The Bertz CT molecular complexity index is 609. The summed E-state index contributed by atoms with van der Waals surface area (Å²) in [4.78, 5) is 27.5. The van der Waals surface area contributed by atoms with E-state index in [1.54, 1.807) is 30.8 Å². The molecule has 1 unspecified atom stereocenters. The van der Waals surface area contributed by atoms with Gasteiger partial charge in [-0.1, -0.05) is 26.0 Å². The van der Waals surface area contributed by atoms with E-state index in [-0.39, 0.29) is 36.2 Å². The molecule has 7 heteroatoms. The van der Waals surface area contributed by atoms with Crippen LogP contribution < -0.4 is 4.90 Å². The Morgan fingerprint density at radius 1 is 1.31 bits per heavy atom. The van der Waals surface area contributed by atoms with Crippen LogP contribution in [0.1, 0.15) is 31.7 Å². The second kappa shape index (κ2) is 9.92. The standard InChI is InChI=1S/C19H27FN2O3S/c1-4-25-18(24)13-21(11-14(2)3)12-17(23)22-9-10-26-19(22)15-5-7-16(20)8-6-15/h5-8,14,19H,4,9-13H2,1-3H3/p+1/t19-/m1/s1. The second-order valence-corrected chi connectivity index (χ2v) is 8.06. The lowest BCUT2D eigenvalue weighted by molar-refractivity contribution is -0.887. The first-order chi connectivity index (χ1) is 12.4. The number of amides is 1. The van der Waals surface area contributed by atoms with Gasteiger partial charge in [-0.2, -0.15) is 0 Å². The van der Waals surface area contributed by atoms with Gasteiger partial charge in [-0.15, -0.1) is 11.8 Å². The molecule has 1 amide bonds. The summed E-state index contributed by atoms with van der Waals surface area (Å²) < 4.78 is 18.2. The van der Waals surface area contributed by atoms with Crippen molar-refractivity contribution < 1.29 is 23.6 Å². The maximum absolute atomic E-state index is 13.2. The molecule has 1 saturated heterocycles. The third kappa shape index (κ3) is 5.99. The minimum Gasteiger partial charge on any atom is -0.462 e. The second-order valence-electron chi connectivity index (χ2n) is 6.87. The largest absolute Gasteiger partial charge is 0.462 e. The third-order valence-electron chi connectivity index (χ3n) is 4.16. The Balaban J connectivity index is 2.04. The van der Waals surface area contributed by atoms with E-state index in [9.17, 15) is 14.0 Å². The zero-order valence-electron chi connectivity index (χ0n) is 15.7. The van der Waals surface area contributed by atoms with Gasteiger partial charge in [0.05, 0.1) is 13.2 Å². The number of halogens is 1. The van der Waals surface area contributed by atoms with Crippen molar-refractivity contribution in [1.29, 1.82) is 0 Å². The van der Waals surface area contributed by atoms with Crippen LogP contribution in [0.25, 0.3) is 0 Å².